The van der Waals surface area contributed by atoms with Gasteiger partial charge in [-0.25, -0.2) is 28.8 Å². The van der Waals surface area contributed by atoms with Crippen molar-refractivity contribution in [3.63, 3.8) is 0 Å². The number of pyridine rings is 2. The van der Waals surface area contributed by atoms with Crippen LogP contribution in [0.1, 0.15) is 54.5 Å². The molecule has 8 rings (SSSR count). The summed E-state index contributed by atoms with van der Waals surface area (Å²) in [4.78, 5) is 26.3. The lowest BCUT2D eigenvalue weighted by Gasteiger charge is -2.27. The van der Waals surface area contributed by atoms with Gasteiger partial charge in [0.15, 0.2) is 23.8 Å². The number of halogens is 3. The molecule has 0 bridgehead atoms. The molecule has 0 spiro atoms. The molecule has 5 heterocycles. The Morgan fingerprint density at radius 3 is 2.73 bits per heavy atom. The fourth-order valence-electron chi connectivity index (χ4n) is 6.96. The molecule has 3 aliphatic rings. The van der Waals surface area contributed by atoms with E-state index in [1.165, 1.54) is 0 Å². The summed E-state index contributed by atoms with van der Waals surface area (Å²) in [5.41, 5.74) is 11.2. The van der Waals surface area contributed by atoms with Crippen LogP contribution < -0.4 is 11.1 Å². The van der Waals surface area contributed by atoms with Gasteiger partial charge in [0.2, 0.25) is 5.71 Å². The van der Waals surface area contributed by atoms with Crippen molar-refractivity contribution in [2.45, 2.75) is 62.7 Å². The highest BCUT2D eigenvalue weighted by Gasteiger charge is 2.40. The summed E-state index contributed by atoms with van der Waals surface area (Å²) in [5, 5.41) is 8.05. The third-order valence-corrected chi connectivity index (χ3v) is 9.52. The van der Waals surface area contributed by atoms with Crippen molar-refractivity contribution in [3.05, 3.63) is 90.4 Å². The van der Waals surface area contributed by atoms with Crippen LogP contribution in [-0.2, 0) is 11.2 Å². The molecule has 1 saturated carbocycles. The molecule has 0 radical (unpaired) electrons. The van der Waals surface area contributed by atoms with E-state index in [4.69, 9.17) is 20.8 Å². The Balaban J connectivity index is 1.16. The Bertz CT molecular complexity index is 2120. The maximum atomic E-state index is 15.7. The normalized spacial score (nSPS) is 20.9. The molecule has 3 unspecified atom stereocenters. The van der Waals surface area contributed by atoms with E-state index in [0.29, 0.717) is 46.5 Å². The van der Waals surface area contributed by atoms with E-state index in [1.54, 1.807) is 16.9 Å². The first-order valence-electron chi connectivity index (χ1n) is 16.1. The number of nitrogen functional groups attached to an aromatic ring is 1. The smallest absolute Gasteiger partial charge is 0.383 e. The monoisotopic (exact) mass is 652 g/mol. The molecule has 48 heavy (non-hydrogen) atoms. The third kappa shape index (κ3) is 5.27. The number of nitrogens with zero attached hydrogens (tertiary/aromatic N) is 7. The predicted molar refractivity (Wildman–Crippen MR) is 174 cm³/mol. The Morgan fingerprint density at radius 2 is 1.96 bits per heavy atom. The molecule has 1 amide bonds. The van der Waals surface area contributed by atoms with E-state index in [1.807, 2.05) is 53.2 Å². The number of hydrogen-bond acceptors (Lipinski definition) is 7. The number of carbonyl (C=O) groups excluding carboxylic acids is 1. The van der Waals surface area contributed by atoms with Crippen LogP contribution in [0.4, 0.5) is 19.0 Å². The van der Waals surface area contributed by atoms with Crippen molar-refractivity contribution >= 4 is 28.6 Å². The number of aromatic nitrogens is 6. The summed E-state index contributed by atoms with van der Waals surface area (Å²) in [6.45, 7) is 3.54. The number of anilines is 1. The summed E-state index contributed by atoms with van der Waals surface area (Å²) in [5.74, 6) is 1.43. The first-order chi connectivity index (χ1) is 23.3. The highest BCUT2D eigenvalue weighted by atomic mass is 19.3. The molecular weight excluding hydrogens is 619 g/mol. The summed E-state index contributed by atoms with van der Waals surface area (Å²) < 4.78 is 48.3. The number of fused-ring (bicyclic) bond motifs is 2. The topological polar surface area (TPSA) is 120 Å². The number of rotatable bonds is 8. The van der Waals surface area contributed by atoms with Gasteiger partial charge in [-0.05, 0) is 66.4 Å². The summed E-state index contributed by atoms with van der Waals surface area (Å²) in [6.07, 6.45) is 3.29. The molecule has 3 atom stereocenters. The van der Waals surface area contributed by atoms with Gasteiger partial charge in [0.1, 0.15) is 17.5 Å². The maximum Gasteiger partial charge on any atom is 0.411 e. The lowest BCUT2D eigenvalue weighted by Crippen LogP contribution is -2.46. The zero-order valence-corrected chi connectivity index (χ0v) is 25.9. The number of hydrogen-bond donors (Lipinski definition) is 2. The average molecular weight is 653 g/mol. The van der Waals surface area contributed by atoms with Crippen LogP contribution in [0.15, 0.2) is 73.6 Å². The minimum Gasteiger partial charge on any atom is -0.383 e. The van der Waals surface area contributed by atoms with Gasteiger partial charge in [-0.2, -0.15) is 18.5 Å². The predicted octanol–water partition coefficient (Wildman–Crippen LogP) is 5.25. The summed E-state index contributed by atoms with van der Waals surface area (Å²) in [6, 6.07) is 14.0. The molecule has 4 aromatic heterocycles. The lowest BCUT2D eigenvalue weighted by molar-refractivity contribution is -0.454. The molecule has 5 aromatic rings. The second-order valence-corrected chi connectivity index (χ2v) is 12.6. The zero-order valence-electron chi connectivity index (χ0n) is 25.9. The van der Waals surface area contributed by atoms with Crippen molar-refractivity contribution in [1.82, 2.24) is 34.6 Å². The fourth-order valence-corrected chi connectivity index (χ4v) is 6.96. The minimum absolute atomic E-state index is 0.0583. The van der Waals surface area contributed by atoms with Gasteiger partial charge in [0.05, 0.1) is 23.7 Å². The molecule has 10 nitrogen and oxygen atoms in total. The van der Waals surface area contributed by atoms with Crippen LogP contribution in [0.5, 0.6) is 0 Å². The SMILES string of the molecule is C=CC(=O)[N+]1=C(C(F)F)CC(NC2c3ccc(-n4c(-c5cccnc5N)nc5ccc(-n6ccc(C7CC7)n6)nc54)cc3CC2F)CC1. The van der Waals surface area contributed by atoms with Crippen molar-refractivity contribution in [2.24, 2.45) is 0 Å². The van der Waals surface area contributed by atoms with E-state index in [0.717, 1.165) is 46.0 Å². The van der Waals surface area contributed by atoms with Crippen molar-refractivity contribution in [3.8, 4) is 22.9 Å². The summed E-state index contributed by atoms with van der Waals surface area (Å²) in [7, 11) is 0. The van der Waals surface area contributed by atoms with E-state index in [9.17, 15) is 13.6 Å². The average Bonchev–Trinajstić information content (AvgIpc) is 3.57. The van der Waals surface area contributed by atoms with Crippen molar-refractivity contribution in [2.75, 3.05) is 12.3 Å². The van der Waals surface area contributed by atoms with Crippen LogP contribution in [0, 0.1) is 0 Å². The zero-order chi connectivity index (χ0) is 33.1. The molecule has 13 heteroatoms. The van der Waals surface area contributed by atoms with E-state index >= 15 is 4.39 Å². The van der Waals surface area contributed by atoms with Gasteiger partial charge >= 0.3 is 12.3 Å². The maximum absolute atomic E-state index is 15.7. The first kappa shape index (κ1) is 30.2. The lowest BCUT2D eigenvalue weighted by atomic mass is 9.99. The van der Waals surface area contributed by atoms with E-state index < -0.39 is 30.6 Å². The Labute approximate surface area is 273 Å². The quantitative estimate of drug-likeness (QED) is 0.174. The van der Waals surface area contributed by atoms with Crippen LogP contribution in [0.2, 0.25) is 0 Å². The number of benzene rings is 1. The molecule has 3 N–H and O–H groups in total. The van der Waals surface area contributed by atoms with Crippen molar-refractivity contribution < 1.29 is 22.5 Å². The summed E-state index contributed by atoms with van der Waals surface area (Å²) >= 11 is 0. The molecule has 1 aliphatic heterocycles. The number of carbonyl (C=O) groups is 1. The highest BCUT2D eigenvalue weighted by molar-refractivity contribution is 5.91. The van der Waals surface area contributed by atoms with Crippen LogP contribution in [-0.4, -0.2) is 70.7 Å². The molecule has 0 saturated heterocycles. The molecular formula is C35H33F3N9O+. The largest absolute Gasteiger partial charge is 0.411 e. The molecule has 244 valence electrons. The van der Waals surface area contributed by atoms with Gasteiger partial charge in [0, 0.05) is 49.0 Å². The number of imidazole rings is 1. The Hall–Kier alpha value is -5.17. The van der Waals surface area contributed by atoms with Gasteiger partial charge in [-0.15, -0.1) is 0 Å². The number of amides is 1. The second-order valence-electron chi connectivity index (χ2n) is 12.6. The fraction of sp³-hybridized carbons (Fsp3) is 0.314. The number of nitrogens with two attached hydrogens (primary N) is 1. The molecule has 1 fully saturated rings. The Morgan fingerprint density at radius 1 is 1.10 bits per heavy atom. The second kappa shape index (κ2) is 11.8. The number of alkyl halides is 3. The molecule has 2 aliphatic carbocycles. The van der Waals surface area contributed by atoms with Crippen molar-refractivity contribution in [1.29, 1.82) is 0 Å². The first-order valence-corrected chi connectivity index (χ1v) is 16.1. The van der Waals surface area contributed by atoms with Gasteiger partial charge < -0.3 is 11.1 Å². The minimum atomic E-state index is -2.80. The van der Waals surface area contributed by atoms with Crippen LogP contribution in [0.3, 0.4) is 0 Å². The van der Waals surface area contributed by atoms with Crippen LogP contribution >= 0.6 is 0 Å². The van der Waals surface area contributed by atoms with E-state index in [-0.39, 0.29) is 25.1 Å². The standard InChI is InChI=1S/C35H33F3N9O/c1-2-30(48)45-14-11-21(18-28(45)32(37)38)41-31-23-8-7-22(16-20(23)17-25(31)36)47-34(24-4-3-13-40-33(24)39)42-27-9-10-29(43-35(27)47)46-15-12-26(44-46)19-5-6-19/h2-4,7-10,12-13,15-16,19,21,25,31-32,41H,1,5-6,11,14,17-18H2,(H2,39,40)/q+1. The van der Waals surface area contributed by atoms with Gasteiger partial charge in [-0.3, -0.25) is 4.57 Å². The Kier molecular flexibility index (Phi) is 7.43. The van der Waals surface area contributed by atoms with Gasteiger partial charge in [-0.1, -0.05) is 12.6 Å². The van der Waals surface area contributed by atoms with E-state index in [2.05, 4.69) is 16.9 Å². The highest BCUT2D eigenvalue weighted by Crippen LogP contribution is 2.40. The van der Waals surface area contributed by atoms with Crippen LogP contribution in [0.25, 0.3) is 34.1 Å². The molecule has 1 aromatic carbocycles. The number of nitrogens with one attached hydrogen (secondary N) is 1. The third-order valence-electron chi connectivity index (χ3n) is 9.52. The van der Waals surface area contributed by atoms with Gasteiger partial charge in [0.25, 0.3) is 0 Å².